The van der Waals surface area contributed by atoms with E-state index < -0.39 is 17.6 Å². The zero-order valence-corrected chi connectivity index (χ0v) is 22.8. The van der Waals surface area contributed by atoms with E-state index in [1.165, 1.54) is 0 Å². The summed E-state index contributed by atoms with van der Waals surface area (Å²) in [5.41, 5.74) is 2.10. The minimum Gasteiger partial charge on any atom is -0.373 e. The third-order valence-corrected chi connectivity index (χ3v) is 10.1. The molecule has 2 fully saturated rings. The van der Waals surface area contributed by atoms with Crippen molar-refractivity contribution in [2.45, 2.75) is 41.5 Å². The fourth-order valence-corrected chi connectivity index (χ4v) is 8.03. The van der Waals surface area contributed by atoms with Crippen LogP contribution in [0, 0.1) is 62.4 Å². The van der Waals surface area contributed by atoms with Crippen molar-refractivity contribution in [1.82, 2.24) is 0 Å². The molecule has 2 saturated carbocycles. The second kappa shape index (κ2) is 18.1. The maximum atomic E-state index is 5.75. The average molecular weight is 511 g/mol. The van der Waals surface area contributed by atoms with Crippen LogP contribution in [0.2, 0.25) is 0 Å². The molecule has 0 spiro atoms. The molecule has 176 valence electrons. The Morgan fingerprint density at radius 1 is 0.452 bits per heavy atom. The molecule has 2 rings (SSSR count). The molecule has 0 amide bonds. The molecule has 9 heteroatoms. The van der Waals surface area contributed by atoms with E-state index in [1.807, 2.05) is 92.9 Å². The molecule has 0 bridgehead atoms. The first-order valence-corrected chi connectivity index (χ1v) is 14.3. The first-order valence-electron chi connectivity index (χ1n) is 10.9. The van der Waals surface area contributed by atoms with E-state index in [9.17, 15) is 0 Å². The molecule has 0 heterocycles. The predicted octanol–water partition coefficient (Wildman–Crippen LogP) is 3.96. The molecule has 0 aromatic heterocycles. The Kier molecular flexibility index (Phi) is 18.5. The van der Waals surface area contributed by atoms with E-state index in [-0.39, 0.29) is 17.1 Å². The Bertz CT molecular complexity index is 349. The summed E-state index contributed by atoms with van der Waals surface area (Å²) < 4.78 is 34.5. The molecule has 0 N–H and O–H groups in total. The largest absolute Gasteiger partial charge is 2.00 e. The molecule has 0 saturated heterocycles. The van der Waals surface area contributed by atoms with Gasteiger partial charge in [-0.2, -0.15) is 0 Å². The van der Waals surface area contributed by atoms with Crippen molar-refractivity contribution in [1.29, 1.82) is 0 Å². The van der Waals surface area contributed by atoms with Crippen LogP contribution in [-0.4, -0.2) is 57.3 Å². The van der Waals surface area contributed by atoms with Crippen LogP contribution in [0.3, 0.4) is 0 Å². The summed E-state index contributed by atoms with van der Waals surface area (Å²) in [5, 5.41) is 0. The summed E-state index contributed by atoms with van der Waals surface area (Å²) in [6.07, 6.45) is 15.9. The molecule has 2 aliphatic rings. The normalized spacial score (nSPS) is 18.0. The Morgan fingerprint density at radius 3 is 0.806 bits per heavy atom. The van der Waals surface area contributed by atoms with Crippen LogP contribution in [0.15, 0.2) is 0 Å². The SMILES string of the molecule is CCO[Si](OCC)(OCC)[C]1[CH][CH][CH][CH]1.CCO[Si](OCC)(OCC)[C]1[CH][CH][CH][CH]1.[Fe+2]. The maximum Gasteiger partial charge on any atom is 2.00 e. The number of hydrogen-bond donors (Lipinski definition) is 0. The Hall–Kier alpha value is 0.713. The van der Waals surface area contributed by atoms with Gasteiger partial charge in [-0.15, -0.1) is 0 Å². The van der Waals surface area contributed by atoms with Crippen LogP contribution < -0.4 is 0 Å². The van der Waals surface area contributed by atoms with Gasteiger partial charge in [-0.3, -0.25) is 0 Å². The van der Waals surface area contributed by atoms with Gasteiger partial charge in [0.15, 0.2) is 0 Å². The van der Waals surface area contributed by atoms with Crippen LogP contribution in [0.5, 0.6) is 0 Å². The third-order valence-electron chi connectivity index (χ3n) is 4.04. The zero-order valence-electron chi connectivity index (χ0n) is 19.7. The third kappa shape index (κ3) is 9.85. The van der Waals surface area contributed by atoms with Crippen molar-refractivity contribution in [2.24, 2.45) is 0 Å². The fourth-order valence-electron chi connectivity index (χ4n) is 3.05. The summed E-state index contributed by atoms with van der Waals surface area (Å²) in [6.45, 7) is 15.4. The van der Waals surface area contributed by atoms with Gasteiger partial charge in [-0.05, 0) is 92.9 Å². The second-order valence-corrected chi connectivity index (χ2v) is 11.2. The predicted molar refractivity (Wildman–Crippen MR) is 122 cm³/mol. The van der Waals surface area contributed by atoms with Crippen LogP contribution >= 0.6 is 0 Å². The smallest absolute Gasteiger partial charge is 0.373 e. The Balaban J connectivity index is 0.000000562. The molecular weight excluding hydrogens is 472 g/mol. The van der Waals surface area contributed by atoms with Crippen molar-refractivity contribution >= 4 is 17.6 Å². The van der Waals surface area contributed by atoms with Crippen molar-refractivity contribution in [3.63, 3.8) is 0 Å². The van der Waals surface area contributed by atoms with Gasteiger partial charge in [0.1, 0.15) is 0 Å². The summed E-state index contributed by atoms with van der Waals surface area (Å²) in [7, 11) is -5.24. The molecule has 0 aromatic rings. The van der Waals surface area contributed by atoms with Crippen molar-refractivity contribution < 1.29 is 43.6 Å². The topological polar surface area (TPSA) is 55.4 Å². The molecule has 2 aliphatic carbocycles. The molecule has 31 heavy (non-hydrogen) atoms. The van der Waals surface area contributed by atoms with Crippen LogP contribution in [-0.2, 0) is 43.6 Å². The van der Waals surface area contributed by atoms with Crippen molar-refractivity contribution in [3.05, 3.63) is 62.4 Å². The molecule has 0 atom stereocenters. The minimum atomic E-state index is -2.62. The summed E-state index contributed by atoms with van der Waals surface area (Å²) in [4.78, 5) is 0. The van der Waals surface area contributed by atoms with Crippen LogP contribution in [0.1, 0.15) is 41.5 Å². The van der Waals surface area contributed by atoms with E-state index in [1.54, 1.807) is 0 Å². The van der Waals surface area contributed by atoms with Crippen LogP contribution in [0.25, 0.3) is 0 Å². The second-order valence-electron chi connectivity index (χ2n) is 6.06. The standard InChI is InChI=1S/2C11H19O3Si.Fe/c2*1-4-12-15(13-5-2,14-6-3)11-9-7-8-10-11;/h2*7-10H,4-6H2,1-3H3;/q;;+2. The molecule has 0 aliphatic heterocycles. The maximum absolute atomic E-state index is 5.75. The summed E-state index contributed by atoms with van der Waals surface area (Å²) >= 11 is 0. The molecular formula is C22H38FeO6Si2+2. The first-order chi connectivity index (χ1) is 14.6. The van der Waals surface area contributed by atoms with Gasteiger partial charge in [0.2, 0.25) is 0 Å². The zero-order chi connectivity index (χ0) is 22.3. The Labute approximate surface area is 204 Å². The number of hydrogen-bond acceptors (Lipinski definition) is 6. The van der Waals surface area contributed by atoms with Gasteiger partial charge in [0.25, 0.3) is 0 Å². The van der Waals surface area contributed by atoms with E-state index in [0.29, 0.717) is 39.6 Å². The van der Waals surface area contributed by atoms with Gasteiger partial charge < -0.3 is 26.6 Å². The van der Waals surface area contributed by atoms with E-state index in [0.717, 1.165) is 11.1 Å². The summed E-state index contributed by atoms with van der Waals surface area (Å²) in [6, 6.07) is 0. The summed E-state index contributed by atoms with van der Waals surface area (Å²) in [5.74, 6) is 0. The van der Waals surface area contributed by atoms with E-state index >= 15 is 0 Å². The molecule has 6 nitrogen and oxygen atoms in total. The van der Waals surface area contributed by atoms with Crippen molar-refractivity contribution in [3.8, 4) is 0 Å². The first kappa shape index (κ1) is 31.7. The van der Waals surface area contributed by atoms with Gasteiger partial charge >= 0.3 is 34.7 Å². The molecule has 0 aromatic carbocycles. The number of rotatable bonds is 14. The quantitative estimate of drug-likeness (QED) is 0.330. The van der Waals surface area contributed by atoms with Gasteiger partial charge in [-0.1, -0.05) is 0 Å². The van der Waals surface area contributed by atoms with Crippen LogP contribution in [0.4, 0.5) is 0 Å². The van der Waals surface area contributed by atoms with Gasteiger partial charge in [-0.25, -0.2) is 0 Å². The van der Waals surface area contributed by atoms with Gasteiger partial charge in [0.05, 0.1) is 11.1 Å². The Morgan fingerprint density at radius 2 is 0.645 bits per heavy atom. The average Bonchev–Trinajstić information content (AvgIpc) is 3.44. The molecule has 10 radical (unpaired) electrons. The van der Waals surface area contributed by atoms with Gasteiger partial charge in [0, 0.05) is 39.6 Å². The fraction of sp³-hybridized carbons (Fsp3) is 0.545. The monoisotopic (exact) mass is 510 g/mol. The molecule has 0 unspecified atom stereocenters. The van der Waals surface area contributed by atoms with Crippen molar-refractivity contribution in [2.75, 3.05) is 39.6 Å². The van der Waals surface area contributed by atoms with E-state index in [2.05, 4.69) is 0 Å². The minimum absolute atomic E-state index is 0. The van der Waals surface area contributed by atoms with E-state index in [4.69, 9.17) is 26.6 Å².